The fourth-order valence-corrected chi connectivity index (χ4v) is 1.99. The number of hydrogen-bond acceptors (Lipinski definition) is 3. The minimum absolute atomic E-state index is 0.194. The van der Waals surface area contributed by atoms with E-state index in [9.17, 15) is 4.39 Å². The third kappa shape index (κ3) is 3.20. The Morgan fingerprint density at radius 1 is 1.26 bits per heavy atom. The zero-order valence-corrected chi connectivity index (χ0v) is 11.5. The number of hydrogen-bond donors (Lipinski definition) is 0. The highest BCUT2D eigenvalue weighted by Gasteiger charge is 2.09. The molecule has 0 aliphatic carbocycles. The van der Waals surface area contributed by atoms with E-state index < -0.39 is 5.82 Å². The number of ether oxygens (including phenoxy) is 1. The smallest absolute Gasteiger partial charge is 0.165 e. The van der Waals surface area contributed by atoms with Crippen molar-refractivity contribution >= 4 is 11.6 Å². The molecule has 3 nitrogen and oxygen atoms in total. The van der Waals surface area contributed by atoms with E-state index in [4.69, 9.17) is 16.3 Å². The van der Waals surface area contributed by atoms with Crippen molar-refractivity contribution in [3.8, 4) is 17.1 Å². The molecule has 19 heavy (non-hydrogen) atoms. The van der Waals surface area contributed by atoms with Gasteiger partial charge in [-0.25, -0.2) is 14.4 Å². The van der Waals surface area contributed by atoms with Gasteiger partial charge in [0.25, 0.3) is 0 Å². The minimum Gasteiger partial charge on any atom is -0.494 e. The summed E-state index contributed by atoms with van der Waals surface area (Å²) in [5, 5.41) is 0.365. The maximum absolute atomic E-state index is 13.7. The van der Waals surface area contributed by atoms with Crippen LogP contribution in [0.1, 0.15) is 19.0 Å². The average Bonchev–Trinajstić information content (AvgIpc) is 2.38. The molecule has 0 N–H and O–H groups in total. The lowest BCUT2D eigenvalue weighted by Crippen LogP contribution is -1.97. The fraction of sp³-hybridized carbons (Fsp3) is 0.286. The van der Waals surface area contributed by atoms with Crippen LogP contribution in [0.3, 0.4) is 0 Å². The molecular formula is C14H14ClFN2O. The summed E-state index contributed by atoms with van der Waals surface area (Å²) < 4.78 is 18.6. The normalized spacial score (nSPS) is 10.5. The average molecular weight is 281 g/mol. The second kappa shape index (κ2) is 5.97. The standard InChI is InChI=1S/C14H14ClFN2O/c1-3-4-10-8-13(15)18-14(17-10)9-5-6-12(19-2)11(16)7-9/h5-8H,3-4H2,1-2H3. The summed E-state index contributed by atoms with van der Waals surface area (Å²) in [6.07, 6.45) is 1.78. The first-order valence-corrected chi connectivity index (χ1v) is 6.39. The summed E-state index contributed by atoms with van der Waals surface area (Å²) in [6.45, 7) is 2.06. The molecular weight excluding hydrogens is 267 g/mol. The SMILES string of the molecule is CCCc1cc(Cl)nc(-c2ccc(OC)c(F)c2)n1. The van der Waals surface area contributed by atoms with E-state index in [2.05, 4.69) is 16.9 Å². The van der Waals surface area contributed by atoms with Crippen LogP contribution in [0.15, 0.2) is 24.3 Å². The van der Waals surface area contributed by atoms with E-state index in [1.165, 1.54) is 13.2 Å². The van der Waals surface area contributed by atoms with Crippen LogP contribution in [0, 0.1) is 5.82 Å². The largest absolute Gasteiger partial charge is 0.494 e. The third-order valence-corrected chi connectivity index (χ3v) is 2.86. The first-order chi connectivity index (χ1) is 9.13. The summed E-state index contributed by atoms with van der Waals surface area (Å²) in [5.74, 6) is 0.178. The molecule has 5 heteroatoms. The molecule has 0 aliphatic heterocycles. The van der Waals surface area contributed by atoms with Crippen LogP contribution in [0.4, 0.5) is 4.39 Å². The maximum Gasteiger partial charge on any atom is 0.165 e. The van der Waals surface area contributed by atoms with Crippen LogP contribution < -0.4 is 4.74 Å². The van der Waals surface area contributed by atoms with Crippen molar-refractivity contribution in [3.63, 3.8) is 0 Å². The molecule has 1 aromatic carbocycles. The number of rotatable bonds is 4. The van der Waals surface area contributed by atoms with Crippen LogP contribution >= 0.6 is 11.6 Å². The highest BCUT2D eigenvalue weighted by Crippen LogP contribution is 2.24. The van der Waals surface area contributed by atoms with Gasteiger partial charge in [0.1, 0.15) is 5.15 Å². The molecule has 2 aromatic rings. The predicted molar refractivity (Wildman–Crippen MR) is 73.0 cm³/mol. The van der Waals surface area contributed by atoms with Gasteiger partial charge in [0.05, 0.1) is 7.11 Å². The number of aromatic nitrogens is 2. The van der Waals surface area contributed by atoms with Crippen molar-refractivity contribution < 1.29 is 9.13 Å². The van der Waals surface area contributed by atoms with Gasteiger partial charge < -0.3 is 4.74 Å². The van der Waals surface area contributed by atoms with Gasteiger partial charge in [0.15, 0.2) is 17.4 Å². The van der Waals surface area contributed by atoms with E-state index in [-0.39, 0.29) is 5.75 Å². The second-order valence-corrected chi connectivity index (χ2v) is 4.49. The van der Waals surface area contributed by atoms with Gasteiger partial charge in [-0.1, -0.05) is 24.9 Å². The Labute approximate surface area is 116 Å². The van der Waals surface area contributed by atoms with E-state index in [1.807, 2.05) is 0 Å². The summed E-state index contributed by atoms with van der Waals surface area (Å²) in [4.78, 5) is 8.52. The Balaban J connectivity index is 2.43. The highest BCUT2D eigenvalue weighted by atomic mass is 35.5. The Bertz CT molecular complexity index is 590. The number of nitrogens with zero attached hydrogens (tertiary/aromatic N) is 2. The van der Waals surface area contributed by atoms with Gasteiger partial charge in [-0.05, 0) is 30.7 Å². The predicted octanol–water partition coefficient (Wildman–Crippen LogP) is 3.90. The van der Waals surface area contributed by atoms with E-state index in [1.54, 1.807) is 18.2 Å². The molecule has 0 saturated heterocycles. The number of halogens is 2. The van der Waals surface area contributed by atoms with Gasteiger partial charge in [0, 0.05) is 11.3 Å². The zero-order valence-electron chi connectivity index (χ0n) is 10.8. The molecule has 0 fully saturated rings. The molecule has 0 radical (unpaired) electrons. The third-order valence-electron chi connectivity index (χ3n) is 2.66. The fourth-order valence-electron chi connectivity index (χ4n) is 1.78. The maximum atomic E-state index is 13.7. The van der Waals surface area contributed by atoms with Gasteiger partial charge in [-0.3, -0.25) is 0 Å². The van der Waals surface area contributed by atoms with Crippen molar-refractivity contribution in [2.75, 3.05) is 7.11 Å². The molecule has 1 heterocycles. The van der Waals surface area contributed by atoms with Crippen LogP contribution in [0.5, 0.6) is 5.75 Å². The molecule has 0 spiro atoms. The Kier molecular flexibility index (Phi) is 4.32. The number of aryl methyl sites for hydroxylation is 1. The first kappa shape index (κ1) is 13.7. The zero-order chi connectivity index (χ0) is 13.8. The number of benzene rings is 1. The van der Waals surface area contributed by atoms with Crippen molar-refractivity contribution in [2.24, 2.45) is 0 Å². The molecule has 1 aromatic heterocycles. The molecule has 0 bridgehead atoms. The molecule has 0 unspecified atom stereocenters. The van der Waals surface area contributed by atoms with Gasteiger partial charge in [-0.2, -0.15) is 0 Å². The van der Waals surface area contributed by atoms with Gasteiger partial charge in [-0.15, -0.1) is 0 Å². The highest BCUT2D eigenvalue weighted by molar-refractivity contribution is 6.29. The summed E-state index contributed by atoms with van der Waals surface area (Å²) >= 11 is 5.96. The second-order valence-electron chi connectivity index (χ2n) is 4.10. The van der Waals surface area contributed by atoms with E-state index >= 15 is 0 Å². The van der Waals surface area contributed by atoms with E-state index in [0.29, 0.717) is 16.5 Å². The van der Waals surface area contributed by atoms with Crippen LogP contribution in [-0.2, 0) is 6.42 Å². The van der Waals surface area contributed by atoms with Crippen molar-refractivity contribution in [1.82, 2.24) is 9.97 Å². The Morgan fingerprint density at radius 3 is 2.68 bits per heavy atom. The number of methoxy groups -OCH3 is 1. The van der Waals surface area contributed by atoms with Gasteiger partial charge >= 0.3 is 0 Å². The Hall–Kier alpha value is -1.68. The Morgan fingerprint density at radius 2 is 2.05 bits per heavy atom. The van der Waals surface area contributed by atoms with Crippen molar-refractivity contribution in [2.45, 2.75) is 19.8 Å². The quantitative estimate of drug-likeness (QED) is 0.797. The molecule has 2 rings (SSSR count). The molecule has 100 valence electrons. The van der Waals surface area contributed by atoms with Crippen LogP contribution in [-0.4, -0.2) is 17.1 Å². The van der Waals surface area contributed by atoms with Crippen molar-refractivity contribution in [1.29, 1.82) is 0 Å². The summed E-state index contributed by atoms with van der Waals surface area (Å²) in [7, 11) is 1.42. The molecule has 0 amide bonds. The first-order valence-electron chi connectivity index (χ1n) is 6.01. The lowest BCUT2D eigenvalue weighted by atomic mass is 10.2. The topological polar surface area (TPSA) is 35.0 Å². The molecule has 0 atom stereocenters. The van der Waals surface area contributed by atoms with Gasteiger partial charge in [0.2, 0.25) is 0 Å². The molecule has 0 saturated carbocycles. The summed E-state index contributed by atoms with van der Waals surface area (Å²) in [6, 6.07) is 6.34. The van der Waals surface area contributed by atoms with Crippen molar-refractivity contribution in [3.05, 3.63) is 40.9 Å². The summed E-state index contributed by atoms with van der Waals surface area (Å²) in [5.41, 5.74) is 1.44. The molecule has 0 aliphatic rings. The minimum atomic E-state index is -0.444. The monoisotopic (exact) mass is 280 g/mol. The van der Waals surface area contributed by atoms with Crippen LogP contribution in [0.25, 0.3) is 11.4 Å². The lowest BCUT2D eigenvalue weighted by molar-refractivity contribution is 0.386. The lowest BCUT2D eigenvalue weighted by Gasteiger charge is -2.06. The van der Waals surface area contributed by atoms with Crippen LogP contribution in [0.2, 0.25) is 5.15 Å². The van der Waals surface area contributed by atoms with E-state index in [0.717, 1.165) is 18.5 Å².